The van der Waals surface area contributed by atoms with Crippen LogP contribution in [0, 0.1) is 5.82 Å². The van der Waals surface area contributed by atoms with Gasteiger partial charge in [0.15, 0.2) is 0 Å². The minimum Gasteiger partial charge on any atom is -0.495 e. The van der Waals surface area contributed by atoms with Gasteiger partial charge in [-0.3, -0.25) is 4.79 Å². The van der Waals surface area contributed by atoms with Gasteiger partial charge in [-0.15, -0.1) is 0 Å². The maximum atomic E-state index is 13.4. The zero-order valence-corrected chi connectivity index (χ0v) is 9.42. The fourth-order valence-corrected chi connectivity index (χ4v) is 1.59. The van der Waals surface area contributed by atoms with Crippen LogP contribution in [0.2, 0.25) is 0 Å². The second-order valence-corrected chi connectivity index (χ2v) is 3.68. The van der Waals surface area contributed by atoms with Gasteiger partial charge in [0.05, 0.1) is 11.6 Å². The normalized spacial score (nSPS) is 12.3. The fraction of sp³-hybridized carbons (Fsp3) is 0.222. The molecule has 0 aliphatic heterocycles. The van der Waals surface area contributed by atoms with Crippen molar-refractivity contribution in [2.24, 2.45) is 5.73 Å². The van der Waals surface area contributed by atoms with Crippen LogP contribution < -0.4 is 10.5 Å². The van der Waals surface area contributed by atoms with Crippen molar-refractivity contribution in [3.8, 4) is 5.75 Å². The molecule has 0 aliphatic carbocycles. The number of ether oxygens (including phenoxy) is 1. The minimum atomic E-state index is -1.38. The summed E-state index contributed by atoms with van der Waals surface area (Å²) in [5.74, 6) is -1.70. The molecule has 4 nitrogen and oxygen atoms in total. The highest BCUT2D eigenvalue weighted by atomic mass is 79.9. The van der Waals surface area contributed by atoms with Gasteiger partial charge in [-0.2, -0.15) is 0 Å². The summed E-state index contributed by atoms with van der Waals surface area (Å²) in [6.45, 7) is 0. The van der Waals surface area contributed by atoms with E-state index in [4.69, 9.17) is 15.6 Å². The van der Waals surface area contributed by atoms with Gasteiger partial charge < -0.3 is 15.6 Å². The Morgan fingerprint density at radius 1 is 1.67 bits per heavy atom. The Labute approximate surface area is 94.0 Å². The minimum absolute atomic E-state index is 0.0878. The lowest BCUT2D eigenvalue weighted by Crippen LogP contribution is -2.21. The molecule has 0 bridgehead atoms. The van der Waals surface area contributed by atoms with Crippen LogP contribution in [0.25, 0.3) is 0 Å². The Bertz CT molecular complexity index is 397. The number of halogens is 2. The summed E-state index contributed by atoms with van der Waals surface area (Å²) in [6, 6.07) is 1.00. The molecular formula is C9H9BrFNO3. The predicted molar refractivity (Wildman–Crippen MR) is 55.2 cm³/mol. The first kappa shape index (κ1) is 11.9. The van der Waals surface area contributed by atoms with Crippen LogP contribution in [0.5, 0.6) is 5.75 Å². The van der Waals surface area contributed by atoms with Crippen molar-refractivity contribution in [3.05, 3.63) is 28.0 Å². The molecule has 0 amide bonds. The highest BCUT2D eigenvalue weighted by Crippen LogP contribution is 2.30. The smallest absolute Gasteiger partial charge is 0.325 e. The average molecular weight is 278 g/mol. The number of methoxy groups -OCH3 is 1. The van der Waals surface area contributed by atoms with E-state index in [1.165, 1.54) is 13.2 Å². The Hall–Kier alpha value is -1.14. The van der Waals surface area contributed by atoms with Gasteiger partial charge in [0.1, 0.15) is 17.6 Å². The van der Waals surface area contributed by atoms with Crippen molar-refractivity contribution in [1.82, 2.24) is 0 Å². The van der Waals surface area contributed by atoms with Gasteiger partial charge in [0.2, 0.25) is 0 Å². The average Bonchev–Trinajstić information content (AvgIpc) is 2.19. The predicted octanol–water partition coefficient (Wildman–Crippen LogP) is 1.68. The topological polar surface area (TPSA) is 72.5 Å². The molecule has 0 aromatic heterocycles. The number of carboxylic acids is 1. The summed E-state index contributed by atoms with van der Waals surface area (Å²) < 4.78 is 18.7. The number of rotatable bonds is 3. The molecule has 0 radical (unpaired) electrons. The Balaban J connectivity index is 3.21. The number of hydrogen-bond donors (Lipinski definition) is 2. The largest absolute Gasteiger partial charge is 0.495 e. The number of nitrogens with two attached hydrogens (primary N) is 1. The lowest BCUT2D eigenvalue weighted by Gasteiger charge is -2.11. The number of carboxylic acid groups (broad SMARTS) is 1. The third-order valence-corrected chi connectivity index (χ3v) is 2.49. The summed E-state index contributed by atoms with van der Waals surface area (Å²) in [7, 11) is 1.39. The van der Waals surface area contributed by atoms with Crippen LogP contribution >= 0.6 is 15.9 Å². The molecule has 1 unspecified atom stereocenters. The maximum absolute atomic E-state index is 13.4. The van der Waals surface area contributed by atoms with E-state index in [-0.39, 0.29) is 11.3 Å². The summed E-state index contributed by atoms with van der Waals surface area (Å²) in [5, 5.41) is 8.64. The molecule has 6 heteroatoms. The molecule has 1 aromatic carbocycles. The SMILES string of the molecule is COc1cc(F)c(C(N)C(=O)O)cc1Br. The zero-order valence-electron chi connectivity index (χ0n) is 7.83. The Morgan fingerprint density at radius 2 is 2.27 bits per heavy atom. The lowest BCUT2D eigenvalue weighted by atomic mass is 10.1. The van der Waals surface area contributed by atoms with Gasteiger partial charge in [-0.1, -0.05) is 0 Å². The zero-order chi connectivity index (χ0) is 11.6. The van der Waals surface area contributed by atoms with E-state index < -0.39 is 17.8 Å². The van der Waals surface area contributed by atoms with E-state index in [0.29, 0.717) is 4.47 Å². The van der Waals surface area contributed by atoms with Crippen molar-refractivity contribution >= 4 is 21.9 Å². The Morgan fingerprint density at radius 3 is 2.73 bits per heavy atom. The molecule has 0 saturated heterocycles. The van der Waals surface area contributed by atoms with Gasteiger partial charge >= 0.3 is 5.97 Å². The molecule has 0 spiro atoms. The van der Waals surface area contributed by atoms with Crippen molar-refractivity contribution in [3.63, 3.8) is 0 Å². The highest BCUT2D eigenvalue weighted by Gasteiger charge is 2.20. The van der Waals surface area contributed by atoms with E-state index in [2.05, 4.69) is 15.9 Å². The number of hydrogen-bond acceptors (Lipinski definition) is 3. The summed E-state index contributed by atoms with van der Waals surface area (Å²) in [5.41, 5.74) is 5.21. The molecule has 15 heavy (non-hydrogen) atoms. The molecule has 1 atom stereocenters. The van der Waals surface area contributed by atoms with Gasteiger partial charge in [0, 0.05) is 11.6 Å². The van der Waals surface area contributed by atoms with Crippen LogP contribution in [0.4, 0.5) is 4.39 Å². The summed E-state index contributed by atoms with van der Waals surface area (Å²) >= 11 is 3.12. The molecule has 0 aliphatic rings. The summed E-state index contributed by atoms with van der Waals surface area (Å²) in [6.07, 6.45) is 0. The lowest BCUT2D eigenvalue weighted by molar-refractivity contribution is -0.138. The van der Waals surface area contributed by atoms with E-state index in [0.717, 1.165) is 6.07 Å². The fourth-order valence-electron chi connectivity index (χ4n) is 1.07. The monoisotopic (exact) mass is 277 g/mol. The quantitative estimate of drug-likeness (QED) is 0.882. The van der Waals surface area contributed by atoms with Crippen LogP contribution in [0.3, 0.4) is 0 Å². The van der Waals surface area contributed by atoms with Crippen molar-refractivity contribution in [2.45, 2.75) is 6.04 Å². The standard InChI is InChI=1S/C9H9BrFNO3/c1-15-7-3-6(11)4(2-5(7)10)8(12)9(13)14/h2-3,8H,12H2,1H3,(H,13,14). The van der Waals surface area contributed by atoms with Gasteiger partial charge in [-0.25, -0.2) is 4.39 Å². The molecule has 0 saturated carbocycles. The number of carbonyl (C=O) groups is 1. The van der Waals surface area contributed by atoms with Crippen LogP contribution in [-0.4, -0.2) is 18.2 Å². The number of benzene rings is 1. The van der Waals surface area contributed by atoms with E-state index in [9.17, 15) is 9.18 Å². The molecule has 3 N–H and O–H groups in total. The third-order valence-electron chi connectivity index (χ3n) is 1.87. The van der Waals surface area contributed by atoms with E-state index in [1.807, 2.05) is 0 Å². The maximum Gasteiger partial charge on any atom is 0.325 e. The second-order valence-electron chi connectivity index (χ2n) is 2.82. The van der Waals surface area contributed by atoms with Gasteiger partial charge in [-0.05, 0) is 22.0 Å². The second kappa shape index (κ2) is 4.59. The number of aliphatic carboxylic acids is 1. The first-order valence-corrected chi connectivity index (χ1v) is 4.78. The molecule has 0 heterocycles. The molecule has 0 fully saturated rings. The van der Waals surface area contributed by atoms with Crippen LogP contribution in [0.15, 0.2) is 16.6 Å². The van der Waals surface area contributed by atoms with E-state index >= 15 is 0 Å². The Kier molecular flexibility index (Phi) is 3.65. The molecule has 82 valence electrons. The molecule has 1 rings (SSSR count). The van der Waals surface area contributed by atoms with E-state index in [1.54, 1.807) is 0 Å². The van der Waals surface area contributed by atoms with Crippen LogP contribution in [0.1, 0.15) is 11.6 Å². The van der Waals surface area contributed by atoms with Crippen molar-refractivity contribution in [1.29, 1.82) is 0 Å². The first-order chi connectivity index (χ1) is 6.97. The third kappa shape index (κ3) is 2.45. The van der Waals surface area contributed by atoms with Gasteiger partial charge in [0.25, 0.3) is 0 Å². The van der Waals surface area contributed by atoms with Crippen molar-refractivity contribution in [2.75, 3.05) is 7.11 Å². The summed E-state index contributed by atoms with van der Waals surface area (Å²) in [4.78, 5) is 10.6. The highest BCUT2D eigenvalue weighted by molar-refractivity contribution is 9.10. The molecule has 1 aromatic rings. The van der Waals surface area contributed by atoms with Crippen LogP contribution in [-0.2, 0) is 4.79 Å². The first-order valence-electron chi connectivity index (χ1n) is 3.98. The van der Waals surface area contributed by atoms with Crippen molar-refractivity contribution < 1.29 is 19.0 Å². The molecular weight excluding hydrogens is 269 g/mol.